The van der Waals surface area contributed by atoms with Crippen LogP contribution in [0.5, 0.6) is 11.5 Å². The van der Waals surface area contributed by atoms with Crippen molar-refractivity contribution in [3.8, 4) is 11.5 Å². The highest BCUT2D eigenvalue weighted by Crippen LogP contribution is 2.27. The average Bonchev–Trinajstić information content (AvgIpc) is 3.49. The van der Waals surface area contributed by atoms with Crippen molar-refractivity contribution >= 4 is 35.0 Å². The lowest BCUT2D eigenvalue weighted by Gasteiger charge is -2.15. The van der Waals surface area contributed by atoms with Crippen molar-refractivity contribution in [3.63, 3.8) is 0 Å². The number of ether oxygens (including phenoxy) is 3. The Morgan fingerprint density at radius 1 is 1.26 bits per heavy atom. The first kappa shape index (κ1) is 24.4. The summed E-state index contributed by atoms with van der Waals surface area (Å²) in [5, 5.41) is 12.7. The Labute approximate surface area is 207 Å². The maximum atomic E-state index is 12.5. The molecule has 1 N–H and O–H groups in total. The minimum Gasteiger partial charge on any atom is -0.497 e. The molecule has 8 nitrogen and oxygen atoms in total. The molecule has 2 aromatic carbocycles. The second kappa shape index (κ2) is 11.6. The molecule has 1 aromatic heterocycles. The fourth-order valence-electron chi connectivity index (χ4n) is 3.57. The van der Waals surface area contributed by atoms with Crippen LogP contribution in [-0.4, -0.2) is 46.2 Å². The number of rotatable bonds is 10. The van der Waals surface area contributed by atoms with Crippen molar-refractivity contribution in [3.05, 3.63) is 58.9 Å². The van der Waals surface area contributed by atoms with Crippen LogP contribution >= 0.6 is 23.4 Å². The number of halogens is 1. The Bertz CT molecular complexity index is 1120. The monoisotopic (exact) mass is 502 g/mol. The number of carbonyl (C=O) groups is 1. The summed E-state index contributed by atoms with van der Waals surface area (Å²) in [5.74, 6) is 2.05. The highest BCUT2D eigenvalue weighted by molar-refractivity contribution is 7.99. The SMILES string of the molecule is COc1ccc(NC(=O)CSc2nnc(COc3cc(C)ccc3Cl)n2C[C@H]2CCCO2)cc1. The van der Waals surface area contributed by atoms with Crippen molar-refractivity contribution in [1.29, 1.82) is 0 Å². The number of anilines is 1. The van der Waals surface area contributed by atoms with Gasteiger partial charge in [-0.1, -0.05) is 29.4 Å². The van der Waals surface area contributed by atoms with Crippen molar-refractivity contribution in [2.75, 3.05) is 24.8 Å². The first-order chi connectivity index (χ1) is 16.5. The molecule has 2 heterocycles. The number of amides is 1. The Morgan fingerprint density at radius 2 is 2.09 bits per heavy atom. The van der Waals surface area contributed by atoms with Gasteiger partial charge in [0.2, 0.25) is 5.91 Å². The van der Waals surface area contributed by atoms with Gasteiger partial charge in [-0.2, -0.15) is 0 Å². The van der Waals surface area contributed by atoms with Gasteiger partial charge >= 0.3 is 0 Å². The number of benzene rings is 2. The zero-order valence-corrected chi connectivity index (χ0v) is 20.7. The lowest BCUT2D eigenvalue weighted by Crippen LogP contribution is -2.19. The van der Waals surface area contributed by atoms with Gasteiger partial charge < -0.3 is 24.1 Å². The van der Waals surface area contributed by atoms with Crippen molar-refractivity contribution in [1.82, 2.24) is 14.8 Å². The van der Waals surface area contributed by atoms with E-state index in [1.54, 1.807) is 31.4 Å². The van der Waals surface area contributed by atoms with Gasteiger partial charge in [-0.15, -0.1) is 10.2 Å². The second-order valence-electron chi connectivity index (χ2n) is 7.93. The van der Waals surface area contributed by atoms with Crippen molar-refractivity contribution in [2.24, 2.45) is 0 Å². The number of carbonyl (C=O) groups excluding carboxylic acids is 1. The molecular formula is C24H27ClN4O4S. The molecule has 1 saturated heterocycles. The minimum atomic E-state index is -0.133. The summed E-state index contributed by atoms with van der Waals surface area (Å²) in [6, 6.07) is 12.8. The van der Waals surface area contributed by atoms with E-state index in [4.69, 9.17) is 25.8 Å². The van der Waals surface area contributed by atoms with E-state index in [2.05, 4.69) is 15.5 Å². The number of nitrogens with one attached hydrogen (secondary N) is 1. The van der Waals surface area contributed by atoms with E-state index in [-0.39, 0.29) is 24.4 Å². The molecule has 0 saturated carbocycles. The van der Waals surface area contributed by atoms with Crippen LogP contribution in [0.1, 0.15) is 24.2 Å². The lowest BCUT2D eigenvalue weighted by molar-refractivity contribution is -0.113. The number of thioether (sulfide) groups is 1. The van der Waals surface area contributed by atoms with Gasteiger partial charge in [-0.05, 0) is 61.7 Å². The topological polar surface area (TPSA) is 87.5 Å². The van der Waals surface area contributed by atoms with E-state index in [1.165, 1.54) is 11.8 Å². The summed E-state index contributed by atoms with van der Waals surface area (Å²) in [5.41, 5.74) is 1.76. The van der Waals surface area contributed by atoms with Crippen LogP contribution < -0.4 is 14.8 Å². The predicted octanol–water partition coefficient (Wildman–Crippen LogP) is 4.74. The van der Waals surface area contributed by atoms with Crippen molar-refractivity contribution in [2.45, 2.75) is 44.2 Å². The third-order valence-corrected chi connectivity index (χ3v) is 6.63. The summed E-state index contributed by atoms with van der Waals surface area (Å²) in [6.45, 7) is 3.55. The van der Waals surface area contributed by atoms with E-state index in [9.17, 15) is 4.79 Å². The normalized spacial score (nSPS) is 15.3. The fourth-order valence-corrected chi connectivity index (χ4v) is 4.51. The third kappa shape index (κ3) is 6.43. The molecule has 0 unspecified atom stereocenters. The maximum absolute atomic E-state index is 12.5. The lowest BCUT2D eigenvalue weighted by atomic mass is 10.2. The highest BCUT2D eigenvalue weighted by atomic mass is 35.5. The zero-order chi connectivity index (χ0) is 23.9. The molecule has 4 rings (SSSR count). The summed E-state index contributed by atoms with van der Waals surface area (Å²) >= 11 is 7.60. The zero-order valence-electron chi connectivity index (χ0n) is 19.1. The molecular weight excluding hydrogens is 476 g/mol. The maximum Gasteiger partial charge on any atom is 0.234 e. The summed E-state index contributed by atoms with van der Waals surface area (Å²) in [4.78, 5) is 12.5. The molecule has 180 valence electrons. The van der Waals surface area contributed by atoms with Crippen LogP contribution in [0, 0.1) is 6.92 Å². The van der Waals surface area contributed by atoms with E-state index in [0.29, 0.717) is 34.0 Å². The Kier molecular flexibility index (Phi) is 8.31. The molecule has 0 bridgehead atoms. The summed E-state index contributed by atoms with van der Waals surface area (Å²) < 4.78 is 18.9. The van der Waals surface area contributed by atoms with Gasteiger partial charge in [0.15, 0.2) is 11.0 Å². The van der Waals surface area contributed by atoms with Crippen LogP contribution in [0.25, 0.3) is 0 Å². The Balaban J connectivity index is 1.42. The quantitative estimate of drug-likeness (QED) is 0.401. The second-order valence-corrected chi connectivity index (χ2v) is 9.28. The first-order valence-electron chi connectivity index (χ1n) is 11.0. The van der Waals surface area contributed by atoms with Gasteiger partial charge in [0, 0.05) is 12.3 Å². The van der Waals surface area contributed by atoms with E-state index in [0.717, 1.165) is 30.8 Å². The van der Waals surface area contributed by atoms with Gasteiger partial charge in [0.05, 0.1) is 30.5 Å². The number of aryl methyl sites for hydroxylation is 1. The average molecular weight is 503 g/mol. The Hall–Kier alpha value is -2.75. The molecule has 1 amide bonds. The van der Waals surface area contributed by atoms with Crippen LogP contribution in [0.15, 0.2) is 47.6 Å². The molecule has 1 atom stereocenters. The van der Waals surface area contributed by atoms with E-state index < -0.39 is 0 Å². The van der Waals surface area contributed by atoms with Crippen LogP contribution in [0.2, 0.25) is 5.02 Å². The van der Waals surface area contributed by atoms with E-state index in [1.807, 2.05) is 29.7 Å². The molecule has 3 aromatic rings. The fraction of sp³-hybridized carbons (Fsp3) is 0.375. The summed E-state index contributed by atoms with van der Waals surface area (Å²) in [7, 11) is 1.60. The smallest absolute Gasteiger partial charge is 0.234 e. The standard InChI is InChI=1S/C24H27ClN4O4S/c1-16-5-10-20(25)21(12-16)33-14-22-27-28-24(29(22)13-19-4-3-11-32-19)34-15-23(30)26-17-6-8-18(31-2)9-7-17/h5-10,12,19H,3-4,11,13-15H2,1-2H3,(H,26,30)/t19-/m1/s1. The molecule has 1 fully saturated rings. The first-order valence-corrected chi connectivity index (χ1v) is 12.4. The van der Waals surface area contributed by atoms with Crippen molar-refractivity contribution < 1.29 is 19.0 Å². The molecule has 0 spiro atoms. The molecule has 0 radical (unpaired) electrons. The van der Waals surface area contributed by atoms with Crippen LogP contribution in [0.3, 0.4) is 0 Å². The van der Waals surface area contributed by atoms with Gasteiger partial charge in [-0.25, -0.2) is 0 Å². The predicted molar refractivity (Wildman–Crippen MR) is 132 cm³/mol. The number of hydrogen-bond donors (Lipinski definition) is 1. The van der Waals surface area contributed by atoms with Crippen LogP contribution in [-0.2, 0) is 22.7 Å². The molecule has 34 heavy (non-hydrogen) atoms. The van der Waals surface area contributed by atoms with E-state index >= 15 is 0 Å². The summed E-state index contributed by atoms with van der Waals surface area (Å²) in [6.07, 6.45) is 2.10. The molecule has 1 aliphatic heterocycles. The van der Waals surface area contributed by atoms with Gasteiger partial charge in [0.1, 0.15) is 18.1 Å². The molecule has 0 aliphatic carbocycles. The third-order valence-electron chi connectivity index (χ3n) is 5.35. The van der Waals surface area contributed by atoms with Crippen LogP contribution in [0.4, 0.5) is 5.69 Å². The molecule has 1 aliphatic rings. The van der Waals surface area contributed by atoms with Gasteiger partial charge in [-0.3, -0.25) is 4.79 Å². The minimum absolute atomic E-state index is 0.0878. The highest BCUT2D eigenvalue weighted by Gasteiger charge is 2.22. The van der Waals surface area contributed by atoms with Gasteiger partial charge in [0.25, 0.3) is 0 Å². The number of hydrogen-bond acceptors (Lipinski definition) is 7. The number of nitrogens with zero attached hydrogens (tertiary/aromatic N) is 3. The molecule has 10 heteroatoms. The Morgan fingerprint density at radius 3 is 2.82 bits per heavy atom. The largest absolute Gasteiger partial charge is 0.497 e. The number of methoxy groups -OCH3 is 1. The number of aromatic nitrogens is 3.